The number of hydrogen-bond donors (Lipinski definition) is 1. The first kappa shape index (κ1) is 15.6. The van der Waals surface area contributed by atoms with Crippen molar-refractivity contribution < 1.29 is 0 Å². The fraction of sp³-hybridized carbons (Fsp3) is 1.00. The van der Waals surface area contributed by atoms with E-state index < -0.39 is 3.64 Å². The third-order valence-electron chi connectivity index (χ3n) is 5.98. The molecule has 4 bridgehead atoms. The van der Waals surface area contributed by atoms with Crippen LogP contribution >= 0.6 is 48.5 Å². The first-order valence-electron chi connectivity index (χ1n) is 7.95. The van der Waals surface area contributed by atoms with Gasteiger partial charge < -0.3 is 0 Å². The molecule has 0 nitrogen and oxygen atoms in total. The molecule has 0 N–H and O–H groups in total. The Kier molecular flexibility index (Phi) is 4.80. The molecule has 4 rings (SSSR count). The molecule has 0 aromatic rings. The predicted molar refractivity (Wildman–Crippen MR) is 105 cm³/mol. The van der Waals surface area contributed by atoms with Crippen molar-refractivity contribution in [2.45, 2.75) is 61.9 Å². The summed E-state index contributed by atoms with van der Waals surface area (Å²) in [5.74, 6) is 4.07. The van der Waals surface area contributed by atoms with Crippen LogP contribution in [0.4, 0.5) is 0 Å². The maximum absolute atomic E-state index is 6.13. The van der Waals surface area contributed by atoms with Crippen molar-refractivity contribution in [1.29, 1.82) is 0 Å². The second kappa shape index (κ2) is 6.16. The van der Waals surface area contributed by atoms with Gasteiger partial charge in [0.1, 0.15) is 3.64 Å². The van der Waals surface area contributed by atoms with E-state index in [0.29, 0.717) is 0 Å². The average molecular weight is 383 g/mol. The average Bonchev–Trinajstić information content (AvgIpc) is 3.18. The molecule has 20 heavy (non-hydrogen) atoms. The van der Waals surface area contributed by atoms with Crippen LogP contribution < -0.4 is 0 Å². The van der Waals surface area contributed by atoms with E-state index in [1.54, 1.807) is 10.4 Å². The molecule has 4 saturated carbocycles. The molecule has 0 aromatic heterocycles. The minimum Gasteiger partial charge on any atom is -0.104 e. The van der Waals surface area contributed by atoms with Gasteiger partial charge in [-0.1, -0.05) is 47.4 Å². The zero-order valence-corrected chi connectivity index (χ0v) is 16.7. The van der Waals surface area contributed by atoms with Gasteiger partial charge in [-0.2, -0.15) is 0 Å². The molecule has 0 heterocycles. The van der Waals surface area contributed by atoms with E-state index in [4.69, 9.17) is 11.8 Å². The van der Waals surface area contributed by atoms with Crippen molar-refractivity contribution in [3.8, 4) is 0 Å². The predicted octanol–water partition coefficient (Wildman–Crippen LogP) is 6.63. The molecular weight excluding hydrogens is 359 g/mol. The lowest BCUT2D eigenvalue weighted by atomic mass is 10.0. The summed E-state index contributed by atoms with van der Waals surface area (Å²) in [7, 11) is 1.75. The van der Waals surface area contributed by atoms with E-state index in [2.05, 4.69) is 34.4 Å². The van der Waals surface area contributed by atoms with E-state index in [1.165, 1.54) is 51.4 Å². The molecule has 0 aromatic carbocycles. The van der Waals surface area contributed by atoms with Crippen LogP contribution in [0.1, 0.15) is 51.4 Å². The maximum atomic E-state index is 6.13. The highest BCUT2D eigenvalue weighted by Gasteiger charge is 2.45. The fourth-order valence-corrected chi connectivity index (χ4v) is 20.5. The normalized spacial score (nSPS) is 48.9. The summed E-state index contributed by atoms with van der Waals surface area (Å²) in [6.07, 6.45) is 11.9. The molecule has 6 unspecified atom stereocenters. The van der Waals surface area contributed by atoms with Gasteiger partial charge in [-0.15, -0.1) is 11.7 Å². The highest BCUT2D eigenvalue weighted by molar-refractivity contribution is 9.32. The molecule has 0 spiro atoms. The molecular formula is C14H23PS5. The smallest absolute Gasteiger partial charge is 0.104 e. The summed E-state index contributed by atoms with van der Waals surface area (Å²) >= 11 is 15.2. The van der Waals surface area contributed by atoms with E-state index in [9.17, 15) is 0 Å². The Hall–Kier alpha value is 2.05. The molecule has 4 aliphatic rings. The molecule has 0 amide bonds. The largest absolute Gasteiger partial charge is 0.119 e. The van der Waals surface area contributed by atoms with Crippen molar-refractivity contribution in [2.75, 3.05) is 0 Å². The third-order valence-corrected chi connectivity index (χ3v) is 24.0. The van der Waals surface area contributed by atoms with E-state index >= 15 is 0 Å². The van der Waals surface area contributed by atoms with Crippen LogP contribution in [-0.2, 0) is 11.8 Å². The minimum atomic E-state index is -1.41. The van der Waals surface area contributed by atoms with Crippen molar-refractivity contribution >= 4 is 60.3 Å². The number of rotatable bonds is 5. The van der Waals surface area contributed by atoms with E-state index in [-0.39, 0.29) is 0 Å². The topological polar surface area (TPSA) is 0 Å². The molecule has 0 radical (unpaired) electrons. The number of thiol groups is 1. The van der Waals surface area contributed by atoms with Gasteiger partial charge in [0.15, 0.2) is 0 Å². The zero-order valence-electron chi connectivity index (χ0n) is 11.6. The van der Waals surface area contributed by atoms with Crippen LogP contribution in [0.15, 0.2) is 0 Å². The Labute approximate surface area is 145 Å². The molecule has 4 fully saturated rings. The third kappa shape index (κ3) is 3.02. The molecule has 0 aliphatic heterocycles. The van der Waals surface area contributed by atoms with Crippen LogP contribution in [0, 0.1) is 23.7 Å². The van der Waals surface area contributed by atoms with Crippen LogP contribution in [0.2, 0.25) is 0 Å². The van der Waals surface area contributed by atoms with E-state index in [1.807, 2.05) is 0 Å². The van der Waals surface area contributed by atoms with Gasteiger partial charge in [0.05, 0.1) is 0 Å². The Balaban J connectivity index is 1.39. The first-order chi connectivity index (χ1) is 9.65. The highest BCUT2D eigenvalue weighted by atomic mass is 33.7. The molecule has 4 aliphatic carbocycles. The Bertz CT molecular complexity index is 394. The van der Waals surface area contributed by atoms with Gasteiger partial charge in [-0.05, 0) is 72.6 Å². The quantitative estimate of drug-likeness (QED) is 0.322. The van der Waals surface area contributed by atoms with Crippen molar-refractivity contribution in [3.63, 3.8) is 0 Å². The summed E-state index contributed by atoms with van der Waals surface area (Å²) in [5, 5.41) is 1.76. The Morgan fingerprint density at radius 1 is 0.800 bits per heavy atom. The SMILES string of the molecule is S=P(SS)(SC1CC2CCC1C2)SC1CC2CCC1C2. The molecule has 6 atom stereocenters. The van der Waals surface area contributed by atoms with Crippen LogP contribution in [0.25, 0.3) is 0 Å². The molecule has 114 valence electrons. The second-order valence-electron chi connectivity index (χ2n) is 7.17. The van der Waals surface area contributed by atoms with Crippen LogP contribution in [-0.4, -0.2) is 10.5 Å². The highest BCUT2D eigenvalue weighted by Crippen LogP contribution is 2.84. The lowest BCUT2D eigenvalue weighted by Gasteiger charge is -2.31. The standard InChI is InChI=1S/C14H23PS5/c16-15(20-17,18-13-7-9-1-3-11(13)5-9)19-14-8-10-2-4-12(14)6-10/h9-14,17H,1-8H2. The maximum Gasteiger partial charge on any atom is 0.119 e. The van der Waals surface area contributed by atoms with Crippen LogP contribution in [0.3, 0.4) is 0 Å². The second-order valence-corrected chi connectivity index (χ2v) is 23.8. The summed E-state index contributed by atoms with van der Waals surface area (Å²) in [6.45, 7) is 0. The molecule has 0 saturated heterocycles. The number of fused-ring (bicyclic) bond motifs is 4. The zero-order chi connectivity index (χ0) is 13.7. The van der Waals surface area contributed by atoms with Gasteiger partial charge >= 0.3 is 0 Å². The van der Waals surface area contributed by atoms with Crippen molar-refractivity contribution in [3.05, 3.63) is 0 Å². The van der Waals surface area contributed by atoms with Gasteiger partial charge in [0.2, 0.25) is 0 Å². The van der Waals surface area contributed by atoms with Crippen LogP contribution in [0.5, 0.6) is 0 Å². The first-order valence-corrected chi connectivity index (χ1v) is 16.2. The summed E-state index contributed by atoms with van der Waals surface area (Å²) in [5.41, 5.74) is 0. The summed E-state index contributed by atoms with van der Waals surface area (Å²) in [4.78, 5) is 0. The monoisotopic (exact) mass is 382 g/mol. The van der Waals surface area contributed by atoms with E-state index in [0.717, 1.165) is 34.2 Å². The lowest BCUT2D eigenvalue weighted by molar-refractivity contribution is 0.493. The summed E-state index contributed by atoms with van der Waals surface area (Å²) < 4.78 is -1.41. The molecule has 6 heteroatoms. The Morgan fingerprint density at radius 3 is 1.60 bits per heavy atom. The van der Waals surface area contributed by atoms with Gasteiger partial charge in [-0.25, -0.2) is 0 Å². The van der Waals surface area contributed by atoms with Crippen molar-refractivity contribution in [2.24, 2.45) is 23.7 Å². The van der Waals surface area contributed by atoms with Gasteiger partial charge in [-0.3, -0.25) is 0 Å². The van der Waals surface area contributed by atoms with Gasteiger partial charge in [0.25, 0.3) is 0 Å². The Morgan fingerprint density at radius 2 is 1.30 bits per heavy atom. The summed E-state index contributed by atoms with van der Waals surface area (Å²) in [6, 6.07) is 0. The minimum absolute atomic E-state index is 0.880. The lowest BCUT2D eigenvalue weighted by Crippen LogP contribution is -2.13. The fourth-order valence-electron chi connectivity index (χ4n) is 5.03. The van der Waals surface area contributed by atoms with Crippen molar-refractivity contribution in [1.82, 2.24) is 0 Å². The van der Waals surface area contributed by atoms with Gasteiger partial charge in [0, 0.05) is 10.5 Å². The number of hydrogen-bond acceptors (Lipinski definition) is 5.